The summed E-state index contributed by atoms with van der Waals surface area (Å²) in [5, 5.41) is 4.33. The van der Waals surface area contributed by atoms with Crippen LogP contribution in [0.3, 0.4) is 0 Å². The van der Waals surface area contributed by atoms with Crippen LogP contribution in [-0.4, -0.2) is 26.3 Å². The molecule has 21 heavy (non-hydrogen) atoms. The van der Waals surface area contributed by atoms with E-state index >= 15 is 0 Å². The van der Waals surface area contributed by atoms with Crippen LogP contribution in [0.1, 0.15) is 43.2 Å². The molecular formula is C18H28ClNO. The number of hydrogen-bond donors (Lipinski definition) is 1. The molecule has 1 aromatic carbocycles. The number of rotatable bonds is 6. The average Bonchev–Trinajstić information content (AvgIpc) is 2.50. The summed E-state index contributed by atoms with van der Waals surface area (Å²) in [4.78, 5) is 0. The van der Waals surface area contributed by atoms with Gasteiger partial charge in [0.1, 0.15) is 0 Å². The van der Waals surface area contributed by atoms with Crippen LogP contribution in [0.5, 0.6) is 0 Å². The zero-order valence-electron chi connectivity index (χ0n) is 13.5. The summed E-state index contributed by atoms with van der Waals surface area (Å²) < 4.78 is 5.87. The number of aryl methyl sites for hydroxylation is 1. The van der Waals surface area contributed by atoms with Crippen LogP contribution in [0, 0.1) is 12.8 Å². The van der Waals surface area contributed by atoms with Gasteiger partial charge in [-0.1, -0.05) is 43.0 Å². The van der Waals surface area contributed by atoms with Crippen molar-refractivity contribution in [1.82, 2.24) is 5.32 Å². The van der Waals surface area contributed by atoms with E-state index in [0.29, 0.717) is 12.0 Å². The Morgan fingerprint density at radius 3 is 2.57 bits per heavy atom. The third-order valence-corrected chi connectivity index (χ3v) is 5.15. The van der Waals surface area contributed by atoms with Gasteiger partial charge in [0.25, 0.3) is 0 Å². The van der Waals surface area contributed by atoms with E-state index in [1.165, 1.54) is 43.2 Å². The minimum Gasteiger partial charge on any atom is -0.380 e. The number of ether oxygens (including phenoxy) is 1. The van der Waals surface area contributed by atoms with Crippen molar-refractivity contribution in [3.05, 3.63) is 34.3 Å². The summed E-state index contributed by atoms with van der Waals surface area (Å²) in [6.45, 7) is 2.07. The Morgan fingerprint density at radius 1 is 1.29 bits per heavy atom. The highest BCUT2D eigenvalue weighted by atomic mass is 35.5. The molecule has 2 atom stereocenters. The fraction of sp³-hybridized carbons (Fsp3) is 0.667. The van der Waals surface area contributed by atoms with Crippen LogP contribution in [0.4, 0.5) is 0 Å². The minimum absolute atomic E-state index is 0.271. The largest absolute Gasteiger partial charge is 0.380 e. The van der Waals surface area contributed by atoms with Crippen molar-refractivity contribution in [2.75, 3.05) is 14.2 Å². The maximum absolute atomic E-state index is 6.40. The summed E-state index contributed by atoms with van der Waals surface area (Å²) in [7, 11) is 3.88. The molecule has 1 N–H and O–H groups in total. The van der Waals surface area contributed by atoms with Crippen LogP contribution in [0.2, 0.25) is 5.02 Å². The second-order valence-corrected chi connectivity index (χ2v) is 6.70. The Bertz CT molecular complexity index is 443. The van der Waals surface area contributed by atoms with Gasteiger partial charge in [0.2, 0.25) is 0 Å². The van der Waals surface area contributed by atoms with Crippen molar-refractivity contribution in [3.8, 4) is 0 Å². The van der Waals surface area contributed by atoms with Gasteiger partial charge in [-0.25, -0.2) is 0 Å². The summed E-state index contributed by atoms with van der Waals surface area (Å²) in [6, 6.07) is 6.65. The third-order valence-electron chi connectivity index (χ3n) is 4.80. The molecule has 118 valence electrons. The van der Waals surface area contributed by atoms with E-state index in [1.54, 1.807) is 0 Å². The Balaban J connectivity index is 2.09. The molecule has 2 unspecified atom stereocenters. The molecule has 3 heteroatoms. The molecule has 0 bridgehead atoms. The lowest BCUT2D eigenvalue weighted by atomic mass is 9.81. The molecule has 0 amide bonds. The minimum atomic E-state index is 0.271. The molecule has 0 radical (unpaired) electrons. The summed E-state index contributed by atoms with van der Waals surface area (Å²) in [6.07, 6.45) is 7.83. The van der Waals surface area contributed by atoms with Crippen LogP contribution < -0.4 is 5.32 Å². The topological polar surface area (TPSA) is 21.3 Å². The fourth-order valence-electron chi connectivity index (χ4n) is 3.59. The SMILES string of the molecule is CNC(Cc1ccc(C)cc1Cl)C(OC)C1CCCCC1. The number of likely N-dealkylation sites (N-methyl/N-ethyl adjacent to an activating group) is 1. The van der Waals surface area contributed by atoms with E-state index in [-0.39, 0.29) is 6.10 Å². The monoisotopic (exact) mass is 309 g/mol. The smallest absolute Gasteiger partial charge is 0.0755 e. The molecule has 1 aliphatic carbocycles. The van der Waals surface area contributed by atoms with Gasteiger partial charge in [0.15, 0.2) is 0 Å². The van der Waals surface area contributed by atoms with Crippen molar-refractivity contribution in [1.29, 1.82) is 0 Å². The zero-order chi connectivity index (χ0) is 15.2. The van der Waals surface area contributed by atoms with Crippen LogP contribution in [-0.2, 0) is 11.2 Å². The van der Waals surface area contributed by atoms with Gasteiger partial charge in [-0.2, -0.15) is 0 Å². The van der Waals surface area contributed by atoms with E-state index < -0.39 is 0 Å². The van der Waals surface area contributed by atoms with E-state index in [1.807, 2.05) is 20.2 Å². The average molecular weight is 310 g/mol. The fourth-order valence-corrected chi connectivity index (χ4v) is 3.90. The highest BCUT2D eigenvalue weighted by molar-refractivity contribution is 6.31. The first-order valence-corrected chi connectivity index (χ1v) is 8.48. The van der Waals surface area contributed by atoms with Gasteiger partial charge in [0.05, 0.1) is 6.10 Å². The molecule has 1 aliphatic rings. The van der Waals surface area contributed by atoms with Crippen molar-refractivity contribution < 1.29 is 4.74 Å². The first kappa shape index (κ1) is 16.8. The molecule has 0 aliphatic heterocycles. The quantitative estimate of drug-likeness (QED) is 0.842. The van der Waals surface area contributed by atoms with Crippen molar-refractivity contribution in [3.63, 3.8) is 0 Å². The van der Waals surface area contributed by atoms with Gasteiger partial charge in [-0.3, -0.25) is 0 Å². The van der Waals surface area contributed by atoms with Gasteiger partial charge >= 0.3 is 0 Å². The summed E-state index contributed by atoms with van der Waals surface area (Å²) in [5.41, 5.74) is 2.42. The zero-order valence-corrected chi connectivity index (χ0v) is 14.2. The van der Waals surface area contributed by atoms with E-state index in [2.05, 4.69) is 24.4 Å². The summed E-state index contributed by atoms with van der Waals surface area (Å²) >= 11 is 6.40. The number of halogens is 1. The van der Waals surface area contributed by atoms with Crippen molar-refractivity contribution >= 4 is 11.6 Å². The first-order valence-electron chi connectivity index (χ1n) is 8.10. The lowest BCUT2D eigenvalue weighted by Gasteiger charge is -2.35. The van der Waals surface area contributed by atoms with Gasteiger partial charge in [-0.15, -0.1) is 0 Å². The second kappa shape index (κ2) is 8.17. The normalized spacial score (nSPS) is 19.4. The van der Waals surface area contributed by atoms with E-state index in [9.17, 15) is 0 Å². The molecule has 0 spiro atoms. The molecule has 1 fully saturated rings. The third kappa shape index (κ3) is 4.45. The van der Waals surface area contributed by atoms with Crippen LogP contribution in [0.15, 0.2) is 18.2 Å². The molecule has 0 heterocycles. The Morgan fingerprint density at radius 2 is 2.00 bits per heavy atom. The molecule has 1 aromatic rings. The standard InChI is InChI=1S/C18H28ClNO/c1-13-9-10-15(16(19)11-13)12-17(20-2)18(21-3)14-7-5-4-6-8-14/h9-11,14,17-18,20H,4-8,12H2,1-3H3. The Hall–Kier alpha value is -0.570. The lowest BCUT2D eigenvalue weighted by Crippen LogP contribution is -2.45. The molecule has 0 saturated heterocycles. The predicted octanol–water partition coefficient (Wildman–Crippen LogP) is 4.37. The number of hydrogen-bond acceptors (Lipinski definition) is 2. The van der Waals surface area contributed by atoms with Gasteiger partial charge in [-0.05, 0) is 56.3 Å². The van der Waals surface area contributed by atoms with Crippen LogP contribution in [0.25, 0.3) is 0 Å². The van der Waals surface area contributed by atoms with Gasteiger partial charge in [0, 0.05) is 18.2 Å². The molecular weight excluding hydrogens is 282 g/mol. The van der Waals surface area contributed by atoms with Crippen LogP contribution >= 0.6 is 11.6 Å². The molecule has 2 rings (SSSR count). The Labute approximate surface area is 134 Å². The highest BCUT2D eigenvalue weighted by Gasteiger charge is 2.30. The highest BCUT2D eigenvalue weighted by Crippen LogP contribution is 2.30. The van der Waals surface area contributed by atoms with E-state index in [0.717, 1.165) is 11.4 Å². The van der Waals surface area contributed by atoms with Crippen molar-refractivity contribution in [2.45, 2.75) is 57.6 Å². The maximum Gasteiger partial charge on any atom is 0.0755 e. The summed E-state index contributed by atoms with van der Waals surface area (Å²) in [5.74, 6) is 0.672. The predicted molar refractivity (Wildman–Crippen MR) is 90.1 cm³/mol. The number of nitrogens with one attached hydrogen (secondary N) is 1. The lowest BCUT2D eigenvalue weighted by molar-refractivity contribution is 0.0102. The van der Waals surface area contributed by atoms with E-state index in [4.69, 9.17) is 16.3 Å². The van der Waals surface area contributed by atoms with Crippen molar-refractivity contribution in [2.24, 2.45) is 5.92 Å². The number of benzene rings is 1. The molecule has 2 nitrogen and oxygen atoms in total. The Kier molecular flexibility index (Phi) is 6.53. The number of methoxy groups -OCH3 is 1. The maximum atomic E-state index is 6.40. The first-order chi connectivity index (χ1) is 10.2. The molecule has 1 saturated carbocycles. The molecule has 0 aromatic heterocycles. The van der Waals surface area contributed by atoms with Gasteiger partial charge < -0.3 is 10.1 Å². The second-order valence-electron chi connectivity index (χ2n) is 6.29.